The number of rotatable bonds is 3. The second-order valence-corrected chi connectivity index (χ2v) is 5.00. The number of hydrogen-bond donors (Lipinski definition) is 1. The summed E-state index contributed by atoms with van der Waals surface area (Å²) < 4.78 is 5.18. The molecule has 2 rings (SSSR count). The fourth-order valence-corrected chi connectivity index (χ4v) is 2.30. The van der Waals surface area contributed by atoms with Gasteiger partial charge in [-0.3, -0.25) is 0 Å². The van der Waals surface area contributed by atoms with Crippen LogP contribution in [0.2, 0.25) is 0 Å². The van der Waals surface area contributed by atoms with E-state index in [-0.39, 0.29) is 0 Å². The van der Waals surface area contributed by atoms with Gasteiger partial charge in [-0.1, -0.05) is 0 Å². The summed E-state index contributed by atoms with van der Waals surface area (Å²) in [5.41, 5.74) is 1.60. The normalized spacial score (nSPS) is 19.1. The van der Waals surface area contributed by atoms with Crippen molar-refractivity contribution in [2.75, 3.05) is 32.1 Å². The summed E-state index contributed by atoms with van der Waals surface area (Å²) in [6.45, 7) is 4.53. The van der Waals surface area contributed by atoms with Gasteiger partial charge in [0.2, 0.25) is 0 Å². The van der Waals surface area contributed by atoms with Crippen molar-refractivity contribution in [2.45, 2.75) is 25.3 Å². The standard InChI is InChI=1S/C14H22N2O/c1-14(15-2)8-10-16(11-9-14)12-4-6-13(17-3)7-5-12/h4-7,15H,8-11H2,1-3H3. The van der Waals surface area contributed by atoms with Crippen LogP contribution in [0.5, 0.6) is 5.75 Å². The summed E-state index contributed by atoms with van der Waals surface area (Å²) >= 11 is 0. The lowest BCUT2D eigenvalue weighted by molar-refractivity contribution is 0.305. The number of ether oxygens (including phenoxy) is 1. The number of nitrogens with one attached hydrogen (secondary N) is 1. The highest BCUT2D eigenvalue weighted by Gasteiger charge is 2.28. The second kappa shape index (κ2) is 4.96. The second-order valence-electron chi connectivity index (χ2n) is 5.00. The summed E-state index contributed by atoms with van der Waals surface area (Å²) in [4.78, 5) is 2.44. The van der Waals surface area contributed by atoms with Crippen molar-refractivity contribution in [3.05, 3.63) is 24.3 Å². The van der Waals surface area contributed by atoms with E-state index in [2.05, 4.69) is 36.3 Å². The van der Waals surface area contributed by atoms with Crippen LogP contribution in [0.15, 0.2) is 24.3 Å². The summed E-state index contributed by atoms with van der Waals surface area (Å²) in [6, 6.07) is 8.34. The number of piperidine rings is 1. The van der Waals surface area contributed by atoms with E-state index in [1.54, 1.807) is 7.11 Å². The third kappa shape index (κ3) is 2.72. The minimum Gasteiger partial charge on any atom is -0.497 e. The molecule has 1 aliphatic heterocycles. The van der Waals surface area contributed by atoms with Gasteiger partial charge < -0.3 is 15.0 Å². The molecule has 0 amide bonds. The summed E-state index contributed by atoms with van der Waals surface area (Å²) in [5.74, 6) is 0.922. The van der Waals surface area contributed by atoms with E-state index in [4.69, 9.17) is 4.74 Å². The number of hydrogen-bond acceptors (Lipinski definition) is 3. The highest BCUT2D eigenvalue weighted by atomic mass is 16.5. The van der Waals surface area contributed by atoms with E-state index >= 15 is 0 Å². The van der Waals surface area contributed by atoms with E-state index in [0.717, 1.165) is 18.8 Å². The minimum absolute atomic E-state index is 0.309. The Morgan fingerprint density at radius 3 is 2.24 bits per heavy atom. The summed E-state index contributed by atoms with van der Waals surface area (Å²) in [7, 11) is 3.76. The van der Waals surface area contributed by atoms with Gasteiger partial charge in [-0.2, -0.15) is 0 Å². The monoisotopic (exact) mass is 234 g/mol. The Kier molecular flexibility index (Phi) is 3.57. The Hall–Kier alpha value is -1.22. The number of anilines is 1. The summed E-state index contributed by atoms with van der Waals surface area (Å²) in [6.07, 6.45) is 2.38. The van der Waals surface area contributed by atoms with Gasteiger partial charge >= 0.3 is 0 Å². The van der Waals surface area contributed by atoms with Gasteiger partial charge in [0.1, 0.15) is 5.75 Å². The number of benzene rings is 1. The lowest BCUT2D eigenvalue weighted by Crippen LogP contribution is -2.50. The van der Waals surface area contributed by atoms with Gasteiger partial charge in [-0.15, -0.1) is 0 Å². The molecule has 1 saturated heterocycles. The van der Waals surface area contributed by atoms with Gasteiger partial charge in [-0.05, 0) is 51.1 Å². The van der Waals surface area contributed by atoms with Crippen LogP contribution in [0.4, 0.5) is 5.69 Å². The van der Waals surface area contributed by atoms with E-state index in [1.165, 1.54) is 18.5 Å². The Labute approximate surface area is 104 Å². The Bertz CT molecular complexity index is 353. The molecular formula is C14H22N2O. The van der Waals surface area contributed by atoms with Crippen molar-refractivity contribution in [3.63, 3.8) is 0 Å². The molecule has 1 heterocycles. The van der Waals surface area contributed by atoms with E-state index in [1.807, 2.05) is 12.1 Å². The van der Waals surface area contributed by atoms with Crippen molar-refractivity contribution >= 4 is 5.69 Å². The smallest absolute Gasteiger partial charge is 0.119 e. The van der Waals surface area contributed by atoms with Crippen molar-refractivity contribution in [1.29, 1.82) is 0 Å². The van der Waals surface area contributed by atoms with Crippen molar-refractivity contribution in [2.24, 2.45) is 0 Å². The third-order valence-electron chi connectivity index (χ3n) is 3.91. The minimum atomic E-state index is 0.309. The highest BCUT2D eigenvalue weighted by molar-refractivity contribution is 5.49. The zero-order valence-corrected chi connectivity index (χ0v) is 11.0. The SMILES string of the molecule is CNC1(C)CCN(c2ccc(OC)cc2)CC1. The molecule has 1 aromatic rings. The molecule has 0 saturated carbocycles. The lowest BCUT2D eigenvalue weighted by atomic mass is 9.89. The van der Waals surface area contributed by atoms with E-state index in [0.29, 0.717) is 5.54 Å². The molecule has 0 spiro atoms. The van der Waals surface area contributed by atoms with E-state index in [9.17, 15) is 0 Å². The quantitative estimate of drug-likeness (QED) is 0.868. The van der Waals surface area contributed by atoms with Crippen LogP contribution in [0.3, 0.4) is 0 Å². The molecule has 1 aliphatic rings. The van der Waals surface area contributed by atoms with Crippen LogP contribution in [0, 0.1) is 0 Å². The number of methoxy groups -OCH3 is 1. The lowest BCUT2D eigenvalue weighted by Gasteiger charge is -2.40. The fourth-order valence-electron chi connectivity index (χ4n) is 2.30. The molecule has 0 aliphatic carbocycles. The highest BCUT2D eigenvalue weighted by Crippen LogP contribution is 2.26. The zero-order chi connectivity index (χ0) is 12.3. The largest absolute Gasteiger partial charge is 0.497 e. The van der Waals surface area contributed by atoms with E-state index < -0.39 is 0 Å². The molecule has 0 bridgehead atoms. The maximum Gasteiger partial charge on any atom is 0.119 e. The maximum absolute atomic E-state index is 5.18. The number of nitrogens with zero attached hydrogens (tertiary/aromatic N) is 1. The molecule has 0 radical (unpaired) electrons. The van der Waals surface area contributed by atoms with Crippen LogP contribution in [0.25, 0.3) is 0 Å². The predicted molar refractivity (Wildman–Crippen MR) is 71.9 cm³/mol. The first-order valence-electron chi connectivity index (χ1n) is 6.25. The molecule has 1 fully saturated rings. The zero-order valence-electron chi connectivity index (χ0n) is 11.0. The first-order chi connectivity index (χ1) is 8.17. The Morgan fingerprint density at radius 1 is 1.18 bits per heavy atom. The Morgan fingerprint density at radius 2 is 1.76 bits per heavy atom. The average Bonchev–Trinajstić information content (AvgIpc) is 2.40. The van der Waals surface area contributed by atoms with Crippen molar-refractivity contribution in [1.82, 2.24) is 5.32 Å². The topological polar surface area (TPSA) is 24.5 Å². The predicted octanol–water partition coefficient (Wildman–Crippen LogP) is 2.27. The van der Waals surface area contributed by atoms with Crippen molar-refractivity contribution in [3.8, 4) is 5.75 Å². The molecule has 1 aromatic carbocycles. The molecule has 0 aromatic heterocycles. The average molecular weight is 234 g/mol. The molecule has 94 valence electrons. The van der Waals surface area contributed by atoms with Crippen LogP contribution >= 0.6 is 0 Å². The maximum atomic E-state index is 5.18. The van der Waals surface area contributed by atoms with Gasteiger partial charge in [-0.25, -0.2) is 0 Å². The summed E-state index contributed by atoms with van der Waals surface area (Å²) in [5, 5.41) is 3.42. The molecule has 0 atom stereocenters. The van der Waals surface area contributed by atoms with Crippen LogP contribution in [-0.4, -0.2) is 32.8 Å². The first-order valence-corrected chi connectivity index (χ1v) is 6.25. The molecule has 1 N–H and O–H groups in total. The third-order valence-corrected chi connectivity index (χ3v) is 3.91. The Balaban J connectivity index is 2.00. The molecule has 3 nitrogen and oxygen atoms in total. The van der Waals surface area contributed by atoms with Gasteiger partial charge in [0, 0.05) is 24.3 Å². The first kappa shape index (κ1) is 12.2. The fraction of sp³-hybridized carbons (Fsp3) is 0.571. The molecule has 3 heteroatoms. The van der Waals surface area contributed by atoms with Crippen LogP contribution in [0.1, 0.15) is 19.8 Å². The van der Waals surface area contributed by atoms with Gasteiger partial charge in [0.05, 0.1) is 7.11 Å². The molecule has 0 unspecified atom stereocenters. The van der Waals surface area contributed by atoms with Crippen LogP contribution < -0.4 is 15.0 Å². The van der Waals surface area contributed by atoms with Gasteiger partial charge in [0.25, 0.3) is 0 Å². The van der Waals surface area contributed by atoms with Crippen molar-refractivity contribution < 1.29 is 4.74 Å². The molecular weight excluding hydrogens is 212 g/mol. The van der Waals surface area contributed by atoms with Gasteiger partial charge in [0.15, 0.2) is 0 Å². The van der Waals surface area contributed by atoms with Crippen LogP contribution in [-0.2, 0) is 0 Å². The molecule has 17 heavy (non-hydrogen) atoms.